The Morgan fingerprint density at radius 3 is 2.87 bits per heavy atom. The third-order valence-electron chi connectivity index (χ3n) is 10.2. The molecule has 4 saturated heterocycles. The van der Waals surface area contributed by atoms with Crippen LogP contribution in [0.25, 0.3) is 32.9 Å². The van der Waals surface area contributed by atoms with Crippen LogP contribution in [0.4, 0.5) is 19.0 Å². The van der Waals surface area contributed by atoms with Gasteiger partial charge in [0.25, 0.3) is 0 Å². The second-order valence-electron chi connectivity index (χ2n) is 13.2. The topological polar surface area (TPSA) is 95.9 Å². The van der Waals surface area contributed by atoms with E-state index in [1.165, 1.54) is 31.4 Å². The first kappa shape index (κ1) is 26.7. The van der Waals surface area contributed by atoms with Crippen molar-refractivity contribution in [2.24, 2.45) is 0 Å². The molecule has 4 aliphatic rings. The van der Waals surface area contributed by atoms with E-state index in [9.17, 15) is 13.9 Å². The molecule has 2 unspecified atom stereocenters. The van der Waals surface area contributed by atoms with Crippen LogP contribution in [0.1, 0.15) is 48.6 Å². The van der Waals surface area contributed by atoms with Gasteiger partial charge in [-0.1, -0.05) is 12.0 Å². The SMILES string of the molecule is [2H]C([2H])([2H])C12CCC(CN(c3nc(OC[C@@]45CCCN4C[C@H](F)C5)nc4c(F)c(-c5cc(O)cc6ccc(F)c(C#C)c56)nc(OC)c34)C1)N2. The molecule has 0 spiro atoms. The summed E-state index contributed by atoms with van der Waals surface area (Å²) < 4.78 is 83.8. The Balaban J connectivity index is 1.34. The lowest BCUT2D eigenvalue weighted by atomic mass is 9.95. The Kier molecular flexibility index (Phi) is 6.17. The minimum absolute atomic E-state index is 0.00906. The fraction of sp³-hybridized carbons (Fsp3) is 0.457. The Bertz CT molecular complexity index is 2100. The summed E-state index contributed by atoms with van der Waals surface area (Å²) in [6.07, 6.45) is 7.64. The Hall–Kier alpha value is -4.34. The van der Waals surface area contributed by atoms with Crippen LogP contribution in [0.2, 0.25) is 0 Å². The molecule has 4 aromatic rings. The number of hydrogen-bond donors (Lipinski definition) is 2. The van der Waals surface area contributed by atoms with Gasteiger partial charge >= 0.3 is 6.01 Å². The number of halogens is 3. The summed E-state index contributed by atoms with van der Waals surface area (Å²) >= 11 is 0. The van der Waals surface area contributed by atoms with Gasteiger partial charge in [-0.25, -0.2) is 18.2 Å². The molecule has 2 bridgehead atoms. The zero-order chi connectivity index (χ0) is 35.2. The predicted octanol–water partition coefficient (Wildman–Crippen LogP) is 5.10. The number of benzene rings is 2. The van der Waals surface area contributed by atoms with Gasteiger partial charge in [-0.15, -0.1) is 6.42 Å². The van der Waals surface area contributed by atoms with Gasteiger partial charge in [0.05, 0.1) is 18.2 Å². The average Bonchev–Trinajstić information content (AvgIpc) is 3.72. The molecule has 6 heterocycles. The van der Waals surface area contributed by atoms with Gasteiger partial charge in [-0.3, -0.25) is 4.90 Å². The number of anilines is 1. The molecule has 0 aliphatic carbocycles. The molecule has 9 nitrogen and oxygen atoms in total. The third-order valence-corrected chi connectivity index (χ3v) is 10.2. The lowest BCUT2D eigenvalue weighted by molar-refractivity contribution is 0.107. The summed E-state index contributed by atoms with van der Waals surface area (Å²) in [5, 5.41) is 14.5. The molecule has 2 N–H and O–H groups in total. The van der Waals surface area contributed by atoms with E-state index in [1.807, 2.05) is 0 Å². The first-order valence-electron chi connectivity index (χ1n) is 17.3. The number of methoxy groups -OCH3 is 1. The minimum atomic E-state index is -2.35. The van der Waals surface area contributed by atoms with E-state index in [0.717, 1.165) is 19.4 Å². The fourth-order valence-electron chi connectivity index (χ4n) is 8.16. The number of aromatic nitrogens is 3. The van der Waals surface area contributed by atoms with Crippen molar-refractivity contribution in [1.29, 1.82) is 0 Å². The van der Waals surface area contributed by atoms with Crippen LogP contribution in [0, 0.1) is 24.0 Å². The molecule has 4 atom stereocenters. The number of phenolic OH excluding ortho intramolecular Hbond substituents is 1. The molecule has 47 heavy (non-hydrogen) atoms. The number of nitrogens with zero attached hydrogens (tertiary/aromatic N) is 5. The number of hydrogen-bond acceptors (Lipinski definition) is 9. The Labute approximate surface area is 274 Å². The summed E-state index contributed by atoms with van der Waals surface area (Å²) in [4.78, 5) is 17.7. The molecule has 2 aromatic carbocycles. The van der Waals surface area contributed by atoms with Gasteiger partial charge in [-0.05, 0) is 62.7 Å². The van der Waals surface area contributed by atoms with Crippen LogP contribution in [0.5, 0.6) is 17.6 Å². The molecule has 0 saturated carbocycles. The summed E-state index contributed by atoms with van der Waals surface area (Å²) in [6, 6.07) is 4.86. The van der Waals surface area contributed by atoms with E-state index in [2.05, 4.69) is 26.1 Å². The molecule has 0 radical (unpaired) electrons. The number of terminal acetylenes is 1. The van der Waals surface area contributed by atoms with Crippen LogP contribution < -0.4 is 19.7 Å². The van der Waals surface area contributed by atoms with E-state index in [4.69, 9.17) is 25.0 Å². The zero-order valence-electron chi connectivity index (χ0n) is 28.7. The highest BCUT2D eigenvalue weighted by Crippen LogP contribution is 2.44. The van der Waals surface area contributed by atoms with Gasteiger partial charge in [-0.2, -0.15) is 9.97 Å². The number of phenols is 1. The number of pyridine rings is 1. The fourth-order valence-corrected chi connectivity index (χ4v) is 8.16. The lowest BCUT2D eigenvalue weighted by Crippen LogP contribution is -2.58. The van der Waals surface area contributed by atoms with Crippen LogP contribution in [0.3, 0.4) is 0 Å². The highest BCUT2D eigenvalue weighted by atomic mass is 19.1. The van der Waals surface area contributed by atoms with Crippen LogP contribution >= 0.6 is 0 Å². The van der Waals surface area contributed by atoms with Crippen molar-refractivity contribution in [3.05, 3.63) is 41.5 Å². The molecular weight excluding hydrogens is 609 g/mol. The zero-order valence-corrected chi connectivity index (χ0v) is 25.7. The van der Waals surface area contributed by atoms with Crippen molar-refractivity contribution in [2.45, 2.75) is 62.2 Å². The third kappa shape index (κ3) is 4.81. The average molecular weight is 648 g/mol. The highest BCUT2D eigenvalue weighted by Gasteiger charge is 2.49. The van der Waals surface area contributed by atoms with E-state index in [1.54, 1.807) is 4.90 Å². The van der Waals surface area contributed by atoms with E-state index < -0.39 is 35.7 Å². The maximum atomic E-state index is 17.2. The van der Waals surface area contributed by atoms with E-state index in [-0.39, 0.29) is 75.8 Å². The van der Waals surface area contributed by atoms with Crippen molar-refractivity contribution in [3.8, 4) is 41.2 Å². The Morgan fingerprint density at radius 1 is 1.19 bits per heavy atom. The van der Waals surface area contributed by atoms with Gasteiger partial charge < -0.3 is 24.8 Å². The van der Waals surface area contributed by atoms with Gasteiger partial charge in [0.1, 0.15) is 46.8 Å². The standard InChI is InChI=1S/C35H35F3N6O3/c1-4-23-25(37)7-6-19-12-22(45)13-24(26(19)23)29-28(38)30-27(32(39-29)46-3)31(43-16-21-8-10-34(2,17-43)42-21)41-33(40-30)47-18-35-9-5-11-44(35)15-20(36)14-35/h1,6-7,12-13,20-21,42,45H,5,8-11,14-18H2,2-3H3/t20-,21?,34?,35+/m1/s1/i2D3. The number of piperazine rings is 1. The van der Waals surface area contributed by atoms with Gasteiger partial charge in [0, 0.05) is 52.7 Å². The van der Waals surface area contributed by atoms with Crippen LogP contribution in [-0.4, -0.2) is 88.1 Å². The van der Waals surface area contributed by atoms with E-state index >= 15 is 4.39 Å². The first-order valence-corrected chi connectivity index (χ1v) is 15.8. The summed E-state index contributed by atoms with van der Waals surface area (Å²) in [5.74, 6) is 0.542. The molecule has 0 amide bonds. The Morgan fingerprint density at radius 2 is 2.06 bits per heavy atom. The monoisotopic (exact) mass is 647 g/mol. The number of aromatic hydroxyl groups is 1. The predicted molar refractivity (Wildman–Crippen MR) is 172 cm³/mol. The number of rotatable bonds is 6. The lowest BCUT2D eigenvalue weighted by Gasteiger charge is -2.40. The van der Waals surface area contributed by atoms with Crippen molar-refractivity contribution in [1.82, 2.24) is 25.2 Å². The molecule has 2 aromatic heterocycles. The summed E-state index contributed by atoms with van der Waals surface area (Å²) in [7, 11) is 1.34. The second-order valence-corrected chi connectivity index (χ2v) is 13.2. The van der Waals surface area contributed by atoms with Gasteiger partial charge in [0.2, 0.25) is 5.88 Å². The maximum absolute atomic E-state index is 17.2. The quantitative estimate of drug-likeness (QED) is 0.277. The minimum Gasteiger partial charge on any atom is -0.508 e. The van der Waals surface area contributed by atoms with E-state index in [0.29, 0.717) is 37.7 Å². The molecule has 12 heteroatoms. The van der Waals surface area contributed by atoms with Crippen LogP contribution in [0.15, 0.2) is 24.3 Å². The molecule has 244 valence electrons. The highest BCUT2D eigenvalue weighted by molar-refractivity contribution is 6.04. The molecule has 4 fully saturated rings. The number of ether oxygens (including phenoxy) is 2. The smallest absolute Gasteiger partial charge is 0.319 e. The van der Waals surface area contributed by atoms with Crippen LogP contribution in [-0.2, 0) is 0 Å². The first-order chi connectivity index (χ1) is 23.8. The van der Waals surface area contributed by atoms with Crippen molar-refractivity contribution >= 4 is 27.5 Å². The van der Waals surface area contributed by atoms with Gasteiger partial charge in [0.15, 0.2) is 5.82 Å². The normalized spacial score (nSPS) is 28.2. The number of fused-ring (bicyclic) bond motifs is 5. The maximum Gasteiger partial charge on any atom is 0.319 e. The molecule has 8 rings (SSSR count). The van der Waals surface area contributed by atoms with Crippen molar-refractivity contribution in [3.63, 3.8) is 0 Å². The second kappa shape index (κ2) is 10.9. The van der Waals surface area contributed by atoms with Crippen molar-refractivity contribution < 1.29 is 31.9 Å². The van der Waals surface area contributed by atoms with Crippen molar-refractivity contribution in [2.75, 3.05) is 44.8 Å². The summed E-state index contributed by atoms with van der Waals surface area (Å²) in [6.45, 7) is -0.835. The number of nitrogens with one attached hydrogen (secondary N) is 1. The molecule has 4 aliphatic heterocycles. The summed E-state index contributed by atoms with van der Waals surface area (Å²) in [5.41, 5.74) is -2.47. The number of alkyl halides is 1. The molecular formula is C35H35F3N6O3. The largest absolute Gasteiger partial charge is 0.508 e.